The summed E-state index contributed by atoms with van der Waals surface area (Å²) >= 11 is 0. The standard InChI is InChI=1S/C18H13NO5/c1-9(11-4-7-14(20)15(21)8-11)13-6-3-10-2-5-12(18(23)24)17(22)16(10)19-13/h2-8,20-22H,1H2,(H,23,24). The molecule has 24 heavy (non-hydrogen) atoms. The molecule has 3 rings (SSSR count). The van der Waals surface area contributed by atoms with E-state index in [1.165, 1.54) is 18.2 Å². The zero-order valence-corrected chi connectivity index (χ0v) is 12.4. The van der Waals surface area contributed by atoms with E-state index in [1.807, 2.05) is 0 Å². The molecule has 0 aliphatic rings. The van der Waals surface area contributed by atoms with Crippen molar-refractivity contribution in [2.24, 2.45) is 0 Å². The number of aromatic nitrogens is 1. The van der Waals surface area contributed by atoms with Gasteiger partial charge in [-0.1, -0.05) is 24.8 Å². The number of fused-ring (bicyclic) bond motifs is 1. The number of phenolic OH excluding ortho intramolecular Hbond substituents is 2. The maximum absolute atomic E-state index is 11.1. The Kier molecular flexibility index (Phi) is 3.57. The van der Waals surface area contributed by atoms with E-state index in [4.69, 9.17) is 5.11 Å². The first-order valence-corrected chi connectivity index (χ1v) is 6.96. The molecule has 0 fully saturated rings. The maximum Gasteiger partial charge on any atom is 0.339 e. The van der Waals surface area contributed by atoms with Gasteiger partial charge in [-0.05, 0) is 29.8 Å². The monoisotopic (exact) mass is 323 g/mol. The normalized spacial score (nSPS) is 10.7. The largest absolute Gasteiger partial charge is 0.505 e. The number of phenols is 3. The van der Waals surface area contributed by atoms with Gasteiger partial charge in [-0.2, -0.15) is 0 Å². The van der Waals surface area contributed by atoms with Crippen LogP contribution >= 0.6 is 0 Å². The Bertz CT molecular complexity index is 994. The minimum absolute atomic E-state index is 0.150. The van der Waals surface area contributed by atoms with Gasteiger partial charge in [-0.3, -0.25) is 0 Å². The van der Waals surface area contributed by atoms with E-state index < -0.39 is 11.7 Å². The summed E-state index contributed by atoms with van der Waals surface area (Å²) in [5.74, 6) is -2.20. The Labute approximate surface area is 136 Å². The highest BCUT2D eigenvalue weighted by Gasteiger charge is 2.15. The van der Waals surface area contributed by atoms with Gasteiger partial charge in [0, 0.05) is 11.0 Å². The molecule has 6 nitrogen and oxygen atoms in total. The van der Waals surface area contributed by atoms with Crippen LogP contribution in [0, 0.1) is 0 Å². The minimum atomic E-state index is -1.25. The number of hydrogen-bond donors (Lipinski definition) is 4. The second-order valence-electron chi connectivity index (χ2n) is 5.22. The van der Waals surface area contributed by atoms with Crippen molar-refractivity contribution >= 4 is 22.4 Å². The molecule has 0 saturated carbocycles. The number of aromatic carboxylic acids is 1. The Hall–Kier alpha value is -3.54. The van der Waals surface area contributed by atoms with Gasteiger partial charge in [0.15, 0.2) is 17.2 Å². The van der Waals surface area contributed by atoms with Gasteiger partial charge < -0.3 is 20.4 Å². The van der Waals surface area contributed by atoms with Gasteiger partial charge in [0.05, 0.1) is 5.69 Å². The SMILES string of the molecule is C=C(c1ccc(O)c(O)c1)c1ccc2ccc(C(=O)O)c(O)c2n1. The second kappa shape index (κ2) is 5.58. The fourth-order valence-corrected chi connectivity index (χ4v) is 2.37. The molecule has 1 heterocycles. The maximum atomic E-state index is 11.1. The molecule has 3 aromatic rings. The highest BCUT2D eigenvalue weighted by molar-refractivity contribution is 5.99. The van der Waals surface area contributed by atoms with E-state index in [0.29, 0.717) is 22.2 Å². The fraction of sp³-hybridized carbons (Fsp3) is 0. The number of carbonyl (C=O) groups is 1. The topological polar surface area (TPSA) is 111 Å². The lowest BCUT2D eigenvalue weighted by Gasteiger charge is -2.09. The summed E-state index contributed by atoms with van der Waals surface area (Å²) in [6, 6.07) is 10.5. The molecule has 0 aliphatic heterocycles. The third kappa shape index (κ3) is 2.50. The Morgan fingerprint density at radius 2 is 1.67 bits per heavy atom. The van der Waals surface area contributed by atoms with Crippen LogP contribution in [0.1, 0.15) is 21.6 Å². The number of carboxylic acids is 1. The quantitative estimate of drug-likeness (QED) is 0.551. The van der Waals surface area contributed by atoms with Crippen molar-refractivity contribution in [1.29, 1.82) is 0 Å². The number of hydrogen-bond acceptors (Lipinski definition) is 5. The number of nitrogens with zero attached hydrogens (tertiary/aromatic N) is 1. The molecular formula is C18H13NO5. The van der Waals surface area contributed by atoms with Gasteiger partial charge in [0.2, 0.25) is 0 Å². The molecule has 4 N–H and O–H groups in total. The summed E-state index contributed by atoms with van der Waals surface area (Å²) in [7, 11) is 0. The third-order valence-electron chi connectivity index (χ3n) is 3.70. The highest BCUT2D eigenvalue weighted by Crippen LogP contribution is 2.32. The van der Waals surface area contributed by atoms with Crippen LogP contribution in [-0.4, -0.2) is 31.4 Å². The lowest BCUT2D eigenvalue weighted by Crippen LogP contribution is -1.98. The van der Waals surface area contributed by atoms with Crippen LogP contribution in [0.5, 0.6) is 17.2 Å². The molecule has 1 aromatic heterocycles. The van der Waals surface area contributed by atoms with Gasteiger partial charge in [0.25, 0.3) is 0 Å². The summed E-state index contributed by atoms with van der Waals surface area (Å²) < 4.78 is 0. The predicted octanol–water partition coefficient (Wildman–Crippen LogP) is 3.11. The van der Waals surface area contributed by atoms with Crippen LogP contribution in [-0.2, 0) is 0 Å². The zero-order chi connectivity index (χ0) is 17.4. The molecular weight excluding hydrogens is 310 g/mol. The number of pyridine rings is 1. The molecule has 6 heteroatoms. The van der Waals surface area contributed by atoms with Crippen molar-refractivity contribution in [3.05, 3.63) is 65.9 Å². The number of benzene rings is 2. The van der Waals surface area contributed by atoms with Crippen molar-refractivity contribution < 1.29 is 25.2 Å². The van der Waals surface area contributed by atoms with Crippen LogP contribution in [0.4, 0.5) is 0 Å². The summed E-state index contributed by atoms with van der Waals surface area (Å²) in [4.78, 5) is 15.4. The van der Waals surface area contributed by atoms with E-state index in [1.54, 1.807) is 24.3 Å². The van der Waals surface area contributed by atoms with Crippen molar-refractivity contribution in [1.82, 2.24) is 4.98 Å². The van der Waals surface area contributed by atoms with Crippen molar-refractivity contribution in [3.63, 3.8) is 0 Å². The minimum Gasteiger partial charge on any atom is -0.505 e. The van der Waals surface area contributed by atoms with Crippen LogP contribution in [0.15, 0.2) is 49.0 Å². The summed E-state index contributed by atoms with van der Waals surface area (Å²) in [6.07, 6.45) is 0. The van der Waals surface area contributed by atoms with Crippen LogP contribution in [0.2, 0.25) is 0 Å². The van der Waals surface area contributed by atoms with Crippen molar-refractivity contribution in [3.8, 4) is 17.2 Å². The number of carboxylic acid groups (broad SMARTS) is 1. The molecule has 0 spiro atoms. The Morgan fingerprint density at radius 3 is 2.33 bits per heavy atom. The molecule has 0 saturated heterocycles. The fourth-order valence-electron chi connectivity index (χ4n) is 2.37. The Balaban J connectivity index is 2.12. The average Bonchev–Trinajstić information content (AvgIpc) is 2.56. The van der Waals surface area contributed by atoms with Crippen LogP contribution < -0.4 is 0 Å². The first-order chi connectivity index (χ1) is 11.4. The van der Waals surface area contributed by atoms with Crippen LogP contribution in [0.25, 0.3) is 16.5 Å². The molecule has 0 radical (unpaired) electrons. The number of aromatic hydroxyl groups is 3. The van der Waals surface area contributed by atoms with Crippen LogP contribution in [0.3, 0.4) is 0 Å². The molecule has 120 valence electrons. The zero-order valence-electron chi connectivity index (χ0n) is 12.4. The first kappa shape index (κ1) is 15.4. The molecule has 0 aliphatic carbocycles. The summed E-state index contributed by atoms with van der Waals surface area (Å²) in [5, 5.41) is 38.8. The van der Waals surface area contributed by atoms with Gasteiger partial charge in [-0.25, -0.2) is 9.78 Å². The molecule has 2 aromatic carbocycles. The smallest absolute Gasteiger partial charge is 0.339 e. The van der Waals surface area contributed by atoms with E-state index >= 15 is 0 Å². The Morgan fingerprint density at radius 1 is 0.958 bits per heavy atom. The lowest BCUT2D eigenvalue weighted by molar-refractivity contribution is 0.0694. The van der Waals surface area contributed by atoms with Crippen molar-refractivity contribution in [2.75, 3.05) is 0 Å². The third-order valence-corrected chi connectivity index (χ3v) is 3.70. The predicted molar refractivity (Wildman–Crippen MR) is 88.3 cm³/mol. The molecule has 0 amide bonds. The number of rotatable bonds is 3. The highest BCUT2D eigenvalue weighted by atomic mass is 16.4. The molecule has 0 bridgehead atoms. The first-order valence-electron chi connectivity index (χ1n) is 6.96. The summed E-state index contributed by atoms with van der Waals surface area (Å²) in [5.41, 5.74) is 1.31. The molecule has 0 unspecified atom stereocenters. The second-order valence-corrected chi connectivity index (χ2v) is 5.22. The van der Waals surface area contributed by atoms with Gasteiger partial charge in [-0.15, -0.1) is 0 Å². The van der Waals surface area contributed by atoms with Gasteiger partial charge >= 0.3 is 5.97 Å². The van der Waals surface area contributed by atoms with Gasteiger partial charge in [0.1, 0.15) is 11.1 Å². The van der Waals surface area contributed by atoms with Crippen molar-refractivity contribution in [2.45, 2.75) is 0 Å². The lowest BCUT2D eigenvalue weighted by atomic mass is 10.0. The van der Waals surface area contributed by atoms with E-state index in [0.717, 1.165) is 0 Å². The molecule has 0 atom stereocenters. The average molecular weight is 323 g/mol. The van der Waals surface area contributed by atoms with E-state index in [-0.39, 0.29) is 22.6 Å². The van der Waals surface area contributed by atoms with E-state index in [9.17, 15) is 20.1 Å². The summed E-state index contributed by atoms with van der Waals surface area (Å²) in [6.45, 7) is 3.91. The van der Waals surface area contributed by atoms with E-state index in [2.05, 4.69) is 11.6 Å².